The van der Waals surface area contributed by atoms with Gasteiger partial charge in [-0.25, -0.2) is 4.98 Å². The molecule has 1 N–H and O–H groups in total. The number of aromatic amines is 1. The Morgan fingerprint density at radius 1 is 1.32 bits per heavy atom. The molecule has 0 bridgehead atoms. The molecular formula is C16H12F3N5O. The summed E-state index contributed by atoms with van der Waals surface area (Å²) < 4.78 is 37.3. The summed E-state index contributed by atoms with van der Waals surface area (Å²) in [6, 6.07) is 1.86. The number of carbonyl (C=O) groups is 1. The van der Waals surface area contributed by atoms with Crippen LogP contribution in [0.3, 0.4) is 0 Å². The highest BCUT2D eigenvalue weighted by atomic mass is 19.4. The Morgan fingerprint density at radius 3 is 2.96 bits per heavy atom. The van der Waals surface area contributed by atoms with Crippen LogP contribution in [0.5, 0.6) is 0 Å². The zero-order valence-corrected chi connectivity index (χ0v) is 12.8. The van der Waals surface area contributed by atoms with Gasteiger partial charge < -0.3 is 9.88 Å². The van der Waals surface area contributed by atoms with Crippen LogP contribution in [0.4, 0.5) is 13.2 Å². The highest BCUT2D eigenvalue weighted by Gasteiger charge is 2.34. The van der Waals surface area contributed by atoms with E-state index < -0.39 is 18.5 Å². The van der Waals surface area contributed by atoms with Gasteiger partial charge in [-0.05, 0) is 11.6 Å². The minimum atomic E-state index is -4.51. The van der Waals surface area contributed by atoms with Gasteiger partial charge in [0.15, 0.2) is 0 Å². The normalized spacial score (nSPS) is 15.2. The Morgan fingerprint density at radius 2 is 2.16 bits per heavy atom. The van der Waals surface area contributed by atoms with Gasteiger partial charge in [-0.3, -0.25) is 4.79 Å². The fourth-order valence-corrected chi connectivity index (χ4v) is 3.01. The molecule has 1 amide bonds. The molecule has 4 rings (SSSR count). The van der Waals surface area contributed by atoms with Crippen molar-refractivity contribution in [3.63, 3.8) is 0 Å². The molecular weight excluding hydrogens is 335 g/mol. The molecule has 0 unspecified atom stereocenters. The number of fused-ring (bicyclic) bond motifs is 3. The van der Waals surface area contributed by atoms with Crippen LogP contribution in [0.1, 0.15) is 12.1 Å². The molecule has 128 valence electrons. The third kappa shape index (κ3) is 2.81. The van der Waals surface area contributed by atoms with Crippen LogP contribution >= 0.6 is 0 Å². The average Bonchev–Trinajstić information content (AvgIpc) is 3.22. The predicted octanol–water partition coefficient (Wildman–Crippen LogP) is 2.68. The van der Waals surface area contributed by atoms with Crippen molar-refractivity contribution in [2.45, 2.75) is 12.6 Å². The smallest absolute Gasteiger partial charge is 0.346 e. The van der Waals surface area contributed by atoms with Gasteiger partial charge >= 0.3 is 6.18 Å². The van der Waals surface area contributed by atoms with Gasteiger partial charge in [0.1, 0.15) is 12.1 Å². The summed E-state index contributed by atoms with van der Waals surface area (Å²) in [7, 11) is 0. The van der Waals surface area contributed by atoms with Crippen LogP contribution in [0.15, 0.2) is 30.7 Å². The van der Waals surface area contributed by atoms with E-state index in [9.17, 15) is 18.0 Å². The molecule has 1 aliphatic heterocycles. The van der Waals surface area contributed by atoms with E-state index in [2.05, 4.69) is 20.2 Å². The first-order valence-corrected chi connectivity index (χ1v) is 7.54. The maximum Gasteiger partial charge on any atom is 0.397 e. The van der Waals surface area contributed by atoms with Crippen molar-refractivity contribution in [3.05, 3.63) is 36.4 Å². The number of rotatable bonds is 2. The summed E-state index contributed by atoms with van der Waals surface area (Å²) in [4.78, 5) is 20.3. The van der Waals surface area contributed by atoms with Gasteiger partial charge in [0.25, 0.3) is 0 Å². The number of H-pyrrole nitrogens is 1. The van der Waals surface area contributed by atoms with Crippen molar-refractivity contribution in [3.8, 4) is 0 Å². The van der Waals surface area contributed by atoms with Crippen molar-refractivity contribution in [2.24, 2.45) is 0 Å². The second-order valence-corrected chi connectivity index (χ2v) is 5.82. The van der Waals surface area contributed by atoms with E-state index in [-0.39, 0.29) is 13.1 Å². The van der Waals surface area contributed by atoms with Gasteiger partial charge in [0.2, 0.25) is 5.91 Å². The highest BCUT2D eigenvalue weighted by molar-refractivity contribution is 6.09. The Kier molecular flexibility index (Phi) is 3.45. The molecule has 0 saturated heterocycles. The van der Waals surface area contributed by atoms with Crippen LogP contribution in [0.25, 0.3) is 27.4 Å². The van der Waals surface area contributed by atoms with E-state index in [0.717, 1.165) is 16.2 Å². The number of nitrogens with one attached hydrogen (secondary N) is 1. The summed E-state index contributed by atoms with van der Waals surface area (Å²) in [6.07, 6.45) is 0.748. The minimum absolute atomic E-state index is 0.0803. The molecule has 0 fully saturated rings. The largest absolute Gasteiger partial charge is 0.397 e. The molecule has 1 aliphatic rings. The van der Waals surface area contributed by atoms with E-state index in [1.807, 2.05) is 6.07 Å². The van der Waals surface area contributed by atoms with Gasteiger partial charge in [0.05, 0.1) is 11.9 Å². The number of alkyl halides is 3. The summed E-state index contributed by atoms with van der Waals surface area (Å²) in [5, 5.41) is 10.6. The highest BCUT2D eigenvalue weighted by Crippen LogP contribution is 2.31. The molecule has 3 aromatic heterocycles. The van der Waals surface area contributed by atoms with Crippen LogP contribution in [0, 0.1) is 0 Å². The number of halogens is 3. The van der Waals surface area contributed by atoms with Crippen molar-refractivity contribution in [1.29, 1.82) is 0 Å². The second-order valence-electron chi connectivity index (χ2n) is 5.82. The SMILES string of the molecule is O=C(CC(F)(F)F)N1CC=C(c2nncc3cnc4[nH]ccc4c23)C1. The Balaban J connectivity index is 1.69. The maximum absolute atomic E-state index is 12.4. The van der Waals surface area contributed by atoms with Crippen molar-refractivity contribution < 1.29 is 18.0 Å². The fraction of sp³-hybridized carbons (Fsp3) is 0.250. The van der Waals surface area contributed by atoms with Crippen LogP contribution < -0.4 is 0 Å². The lowest BCUT2D eigenvalue weighted by Crippen LogP contribution is -2.32. The maximum atomic E-state index is 12.4. The predicted molar refractivity (Wildman–Crippen MR) is 84.4 cm³/mol. The molecule has 0 spiro atoms. The quantitative estimate of drug-likeness (QED) is 0.773. The van der Waals surface area contributed by atoms with Crippen molar-refractivity contribution in [2.75, 3.05) is 13.1 Å². The third-order valence-electron chi connectivity index (χ3n) is 4.14. The number of hydrogen-bond acceptors (Lipinski definition) is 4. The average molecular weight is 347 g/mol. The molecule has 3 aromatic rings. The minimum Gasteiger partial charge on any atom is -0.346 e. The van der Waals surface area contributed by atoms with Crippen LogP contribution in [-0.4, -0.2) is 50.2 Å². The van der Waals surface area contributed by atoms with Crippen LogP contribution in [-0.2, 0) is 4.79 Å². The zero-order valence-electron chi connectivity index (χ0n) is 12.8. The molecule has 4 heterocycles. The first-order chi connectivity index (χ1) is 11.9. The summed E-state index contributed by atoms with van der Waals surface area (Å²) in [6.45, 7) is 0.209. The number of carbonyl (C=O) groups excluding carboxylic acids is 1. The van der Waals surface area contributed by atoms with Gasteiger partial charge in [-0.1, -0.05) is 6.08 Å². The van der Waals surface area contributed by atoms with E-state index in [1.165, 1.54) is 4.90 Å². The second kappa shape index (κ2) is 5.54. The van der Waals surface area contributed by atoms with E-state index >= 15 is 0 Å². The lowest BCUT2D eigenvalue weighted by atomic mass is 10.0. The standard InChI is InChI=1S/C16H12F3N5O/c17-16(18,19)5-12(25)24-4-2-9(8-24)14-13-10(7-22-23-14)6-21-15-11(13)1-3-20-15/h1-3,6-7H,4-5,8H2,(H,20,21). The number of nitrogens with zero attached hydrogens (tertiary/aromatic N) is 4. The molecule has 0 aromatic carbocycles. The first-order valence-electron chi connectivity index (χ1n) is 7.54. The Labute approximate surface area is 139 Å². The lowest BCUT2D eigenvalue weighted by Gasteiger charge is -2.17. The first kappa shape index (κ1) is 15.6. The van der Waals surface area contributed by atoms with E-state index in [1.54, 1.807) is 24.7 Å². The monoisotopic (exact) mass is 347 g/mol. The molecule has 9 heteroatoms. The lowest BCUT2D eigenvalue weighted by molar-refractivity contribution is -0.160. The topological polar surface area (TPSA) is 74.8 Å². The van der Waals surface area contributed by atoms with Gasteiger partial charge in [0, 0.05) is 41.6 Å². The number of amides is 1. The van der Waals surface area contributed by atoms with Crippen molar-refractivity contribution in [1.82, 2.24) is 25.1 Å². The molecule has 0 atom stereocenters. The fourth-order valence-electron chi connectivity index (χ4n) is 3.01. The molecule has 25 heavy (non-hydrogen) atoms. The van der Waals surface area contributed by atoms with E-state index in [4.69, 9.17) is 0 Å². The summed E-state index contributed by atoms with van der Waals surface area (Å²) in [5.41, 5.74) is 1.93. The van der Waals surface area contributed by atoms with E-state index in [0.29, 0.717) is 16.9 Å². The molecule has 0 saturated carbocycles. The van der Waals surface area contributed by atoms with Gasteiger partial charge in [-0.2, -0.15) is 23.4 Å². The molecule has 0 aliphatic carbocycles. The zero-order chi connectivity index (χ0) is 17.6. The number of hydrogen-bond donors (Lipinski definition) is 1. The van der Waals surface area contributed by atoms with Crippen molar-refractivity contribution >= 4 is 33.3 Å². The molecule has 0 radical (unpaired) electrons. The Bertz CT molecular complexity index is 1010. The summed E-state index contributed by atoms with van der Waals surface area (Å²) >= 11 is 0. The van der Waals surface area contributed by atoms with Gasteiger partial charge in [-0.15, -0.1) is 0 Å². The van der Waals surface area contributed by atoms with Crippen LogP contribution in [0.2, 0.25) is 0 Å². The number of aromatic nitrogens is 4. The third-order valence-corrected chi connectivity index (χ3v) is 4.14. The Hall–Kier alpha value is -2.97. The number of pyridine rings is 1. The molecule has 6 nitrogen and oxygen atoms in total. The summed E-state index contributed by atoms with van der Waals surface area (Å²) in [5.74, 6) is -0.944.